The number of nitrogens with zero attached hydrogens (tertiary/aromatic N) is 2. The molecule has 11 rings (SSSR count). The molecule has 0 spiro atoms. The maximum Gasteiger partial charge on any atom is 0.160 e. The zero-order valence-electron chi connectivity index (χ0n) is 31.4. The first-order valence-electron chi connectivity index (χ1n) is 19.5. The number of hydrogen-bond acceptors (Lipinski definition) is 3. The van der Waals surface area contributed by atoms with Crippen LogP contribution in [0.2, 0.25) is 0 Å². The fourth-order valence-electron chi connectivity index (χ4n) is 8.85. The van der Waals surface area contributed by atoms with Gasteiger partial charge in [-0.3, -0.25) is 0 Å². The molecule has 0 saturated heterocycles. The van der Waals surface area contributed by atoms with Crippen molar-refractivity contribution in [3.63, 3.8) is 0 Å². The first-order chi connectivity index (χ1) is 28.1. The topological polar surface area (TPSA) is 25.8 Å². The van der Waals surface area contributed by atoms with Gasteiger partial charge in [0.15, 0.2) is 5.82 Å². The zero-order valence-corrected chi connectivity index (χ0v) is 32.2. The third kappa shape index (κ3) is 5.54. The second kappa shape index (κ2) is 13.4. The third-order valence-electron chi connectivity index (χ3n) is 11.8. The van der Waals surface area contributed by atoms with Crippen LogP contribution < -0.4 is 0 Å². The van der Waals surface area contributed by atoms with E-state index in [1.54, 1.807) is 0 Å². The summed E-state index contributed by atoms with van der Waals surface area (Å²) in [5.41, 5.74) is 16.1. The molecule has 0 radical (unpaired) electrons. The second-order valence-corrected chi connectivity index (χ2v) is 16.1. The number of hydrogen-bond donors (Lipinski definition) is 0. The largest absolute Gasteiger partial charge is 0.228 e. The Kier molecular flexibility index (Phi) is 7.84. The molecular weight excluding hydrogens is 709 g/mol. The summed E-state index contributed by atoms with van der Waals surface area (Å²) in [6, 6.07) is 72.1. The molecule has 2 aromatic heterocycles. The Morgan fingerprint density at radius 2 is 0.947 bits per heavy atom. The van der Waals surface area contributed by atoms with Crippen LogP contribution in [0, 0.1) is 0 Å². The van der Waals surface area contributed by atoms with E-state index >= 15 is 0 Å². The van der Waals surface area contributed by atoms with Gasteiger partial charge in [-0.15, -0.1) is 11.3 Å². The summed E-state index contributed by atoms with van der Waals surface area (Å²) in [6.07, 6.45) is 0. The quantitative estimate of drug-likeness (QED) is 0.169. The van der Waals surface area contributed by atoms with Crippen LogP contribution in [0.4, 0.5) is 0 Å². The van der Waals surface area contributed by atoms with Crippen molar-refractivity contribution in [2.45, 2.75) is 12.3 Å². The third-order valence-corrected chi connectivity index (χ3v) is 13.1. The number of aromatic nitrogens is 2. The Balaban J connectivity index is 0.952. The van der Waals surface area contributed by atoms with Gasteiger partial charge in [-0.05, 0) is 75.2 Å². The van der Waals surface area contributed by atoms with E-state index in [-0.39, 0.29) is 5.41 Å². The Hall–Kier alpha value is -6.94. The molecule has 1 aliphatic carbocycles. The standard InChI is InChI=1S/C54H36N2S/c1-54(41-15-6-3-7-16-41)47-21-10-8-17-43(47)46-33-40(31-32-48(46)54)35-23-27-37(28-24-35)49-34-50(56-53(55-49)39-13-4-2-5-14-39)38-29-25-36(26-30-38)42-19-12-20-45-44-18-9-11-22-51(44)57-52(42)45/h2-34H,1H3. The van der Waals surface area contributed by atoms with Gasteiger partial charge in [-0.2, -0.15) is 0 Å². The van der Waals surface area contributed by atoms with Crippen molar-refractivity contribution in [1.82, 2.24) is 9.97 Å². The molecule has 0 amide bonds. The summed E-state index contributed by atoms with van der Waals surface area (Å²) in [5.74, 6) is 0.713. The molecular formula is C54H36N2S. The minimum absolute atomic E-state index is 0.204. The molecule has 1 aliphatic rings. The number of fused-ring (bicyclic) bond motifs is 6. The average molecular weight is 745 g/mol. The Bertz CT molecular complexity index is 3110. The summed E-state index contributed by atoms with van der Waals surface area (Å²) in [4.78, 5) is 10.3. The molecule has 10 aromatic rings. The maximum absolute atomic E-state index is 5.13. The normalized spacial score (nSPS) is 14.5. The molecule has 3 heteroatoms. The molecule has 0 N–H and O–H groups in total. The summed E-state index contributed by atoms with van der Waals surface area (Å²) >= 11 is 1.86. The zero-order chi connectivity index (χ0) is 37.9. The molecule has 2 nitrogen and oxygen atoms in total. The lowest BCUT2D eigenvalue weighted by molar-refractivity contribution is 0.714. The minimum Gasteiger partial charge on any atom is -0.228 e. The van der Waals surface area contributed by atoms with E-state index in [1.165, 1.54) is 70.2 Å². The van der Waals surface area contributed by atoms with E-state index in [1.807, 2.05) is 29.5 Å². The Morgan fingerprint density at radius 1 is 0.386 bits per heavy atom. The van der Waals surface area contributed by atoms with Crippen molar-refractivity contribution in [3.8, 4) is 67.3 Å². The van der Waals surface area contributed by atoms with Crippen LogP contribution in [0.15, 0.2) is 200 Å². The van der Waals surface area contributed by atoms with Crippen LogP contribution in [0.25, 0.3) is 87.5 Å². The molecule has 1 atom stereocenters. The molecule has 0 aliphatic heterocycles. The Labute approximate surface area is 336 Å². The first kappa shape index (κ1) is 33.4. The summed E-state index contributed by atoms with van der Waals surface area (Å²) in [5, 5.41) is 2.62. The van der Waals surface area contributed by atoms with Crippen molar-refractivity contribution < 1.29 is 0 Å². The van der Waals surface area contributed by atoms with Crippen molar-refractivity contribution >= 4 is 31.5 Å². The van der Waals surface area contributed by atoms with Crippen molar-refractivity contribution in [2.24, 2.45) is 0 Å². The maximum atomic E-state index is 5.13. The molecule has 0 bridgehead atoms. The SMILES string of the molecule is CC1(c2ccccc2)c2ccccc2-c2cc(-c3ccc(-c4cc(-c5ccc(-c6cccc7c6sc6ccccc67)cc5)nc(-c5ccccc5)n4)cc3)ccc21. The van der Waals surface area contributed by atoms with Gasteiger partial charge < -0.3 is 0 Å². The summed E-state index contributed by atoms with van der Waals surface area (Å²) in [7, 11) is 0. The van der Waals surface area contributed by atoms with Crippen LogP contribution in [-0.2, 0) is 5.41 Å². The minimum atomic E-state index is -0.204. The molecule has 0 saturated carbocycles. The van der Waals surface area contributed by atoms with E-state index in [0.717, 1.165) is 28.1 Å². The molecule has 8 aromatic carbocycles. The fraction of sp³-hybridized carbons (Fsp3) is 0.0370. The van der Waals surface area contributed by atoms with Crippen LogP contribution in [0.5, 0.6) is 0 Å². The van der Waals surface area contributed by atoms with Gasteiger partial charge in [-0.1, -0.05) is 182 Å². The Morgan fingerprint density at radius 3 is 1.70 bits per heavy atom. The molecule has 57 heavy (non-hydrogen) atoms. The highest BCUT2D eigenvalue weighted by molar-refractivity contribution is 7.26. The van der Waals surface area contributed by atoms with Gasteiger partial charge in [0.2, 0.25) is 0 Å². The lowest BCUT2D eigenvalue weighted by Gasteiger charge is -2.28. The van der Waals surface area contributed by atoms with Gasteiger partial charge in [0.25, 0.3) is 0 Å². The van der Waals surface area contributed by atoms with E-state index < -0.39 is 0 Å². The predicted octanol–water partition coefficient (Wildman–Crippen LogP) is 14.5. The molecule has 1 unspecified atom stereocenters. The van der Waals surface area contributed by atoms with Crippen molar-refractivity contribution in [3.05, 3.63) is 217 Å². The van der Waals surface area contributed by atoms with E-state index in [0.29, 0.717) is 5.82 Å². The van der Waals surface area contributed by atoms with Gasteiger partial charge in [0, 0.05) is 42.3 Å². The highest BCUT2D eigenvalue weighted by atomic mass is 32.1. The van der Waals surface area contributed by atoms with Crippen LogP contribution in [0.3, 0.4) is 0 Å². The van der Waals surface area contributed by atoms with Crippen molar-refractivity contribution in [2.75, 3.05) is 0 Å². The first-order valence-corrected chi connectivity index (χ1v) is 20.3. The molecule has 0 fully saturated rings. The highest BCUT2D eigenvalue weighted by Crippen LogP contribution is 2.53. The van der Waals surface area contributed by atoms with Gasteiger partial charge in [-0.25, -0.2) is 9.97 Å². The van der Waals surface area contributed by atoms with Crippen LogP contribution in [-0.4, -0.2) is 9.97 Å². The second-order valence-electron chi connectivity index (χ2n) is 15.1. The molecule has 2 heterocycles. The van der Waals surface area contributed by atoms with Gasteiger partial charge >= 0.3 is 0 Å². The molecule has 268 valence electrons. The van der Waals surface area contributed by atoms with E-state index in [2.05, 4.69) is 189 Å². The van der Waals surface area contributed by atoms with Gasteiger partial charge in [0.1, 0.15) is 0 Å². The predicted molar refractivity (Wildman–Crippen MR) is 240 cm³/mol. The highest BCUT2D eigenvalue weighted by Gasteiger charge is 2.40. The summed E-state index contributed by atoms with van der Waals surface area (Å²) in [6.45, 7) is 2.36. The number of benzene rings is 8. The monoisotopic (exact) mass is 744 g/mol. The van der Waals surface area contributed by atoms with E-state index in [9.17, 15) is 0 Å². The summed E-state index contributed by atoms with van der Waals surface area (Å²) < 4.78 is 2.64. The smallest absolute Gasteiger partial charge is 0.160 e. The van der Waals surface area contributed by atoms with Crippen LogP contribution >= 0.6 is 11.3 Å². The lowest BCUT2D eigenvalue weighted by atomic mass is 9.74. The van der Waals surface area contributed by atoms with Crippen LogP contribution in [0.1, 0.15) is 23.6 Å². The average Bonchev–Trinajstić information content (AvgIpc) is 3.80. The number of thiophene rings is 1. The fourth-order valence-corrected chi connectivity index (χ4v) is 10.1. The van der Waals surface area contributed by atoms with E-state index in [4.69, 9.17) is 9.97 Å². The number of rotatable bonds is 6. The van der Waals surface area contributed by atoms with Gasteiger partial charge in [0.05, 0.1) is 11.4 Å². The van der Waals surface area contributed by atoms with Crippen molar-refractivity contribution in [1.29, 1.82) is 0 Å². The lowest BCUT2D eigenvalue weighted by Crippen LogP contribution is -2.22.